The van der Waals surface area contributed by atoms with Gasteiger partial charge in [0.05, 0.1) is 12.8 Å². The molecule has 20 heavy (non-hydrogen) atoms. The number of hydrogen-bond donors (Lipinski definition) is 0. The maximum absolute atomic E-state index is 12.2. The van der Waals surface area contributed by atoms with Crippen LogP contribution >= 0.6 is 0 Å². The molecule has 1 heterocycles. The van der Waals surface area contributed by atoms with E-state index in [4.69, 9.17) is 4.74 Å². The lowest BCUT2D eigenvalue weighted by Crippen LogP contribution is -2.23. The number of carbonyl (C=O) groups is 1. The number of carbonyl (C=O) groups excluding carboxylic acids is 1. The van der Waals surface area contributed by atoms with E-state index >= 15 is 0 Å². The van der Waals surface area contributed by atoms with Crippen LogP contribution in [0.15, 0.2) is 54.5 Å². The van der Waals surface area contributed by atoms with E-state index in [1.165, 1.54) is 0 Å². The van der Waals surface area contributed by atoms with E-state index in [0.29, 0.717) is 6.42 Å². The average Bonchev–Trinajstić information content (AvgIpc) is 2.47. The van der Waals surface area contributed by atoms with Crippen molar-refractivity contribution in [3.63, 3.8) is 0 Å². The summed E-state index contributed by atoms with van der Waals surface area (Å²) >= 11 is 0. The van der Waals surface area contributed by atoms with Crippen molar-refractivity contribution in [1.82, 2.24) is 4.90 Å². The zero-order chi connectivity index (χ0) is 14.5. The Morgan fingerprint density at radius 2 is 2.10 bits per heavy atom. The zero-order valence-corrected chi connectivity index (χ0v) is 12.1. The number of Topliss-reactive ketones (excluding diaryl/α,β-unsaturated/α-hetero) is 1. The summed E-state index contributed by atoms with van der Waals surface area (Å²) in [6, 6.07) is 7.78. The van der Waals surface area contributed by atoms with Crippen LogP contribution in [0.2, 0.25) is 0 Å². The molecule has 3 heteroatoms. The quantitative estimate of drug-likeness (QED) is 0.783. The Kier molecular flexibility index (Phi) is 4.41. The minimum Gasteiger partial charge on any atom is -0.497 e. The van der Waals surface area contributed by atoms with Crippen molar-refractivity contribution in [2.45, 2.75) is 20.3 Å². The lowest BCUT2D eigenvalue weighted by Gasteiger charge is -2.25. The molecule has 0 saturated carbocycles. The van der Waals surface area contributed by atoms with E-state index in [1.807, 2.05) is 67.6 Å². The fraction of sp³-hybridized carbons (Fsp3) is 0.235. The third-order valence-corrected chi connectivity index (χ3v) is 3.23. The molecule has 0 unspecified atom stereocenters. The van der Waals surface area contributed by atoms with Crippen LogP contribution in [0.25, 0.3) is 5.57 Å². The van der Waals surface area contributed by atoms with Crippen molar-refractivity contribution in [3.8, 4) is 5.75 Å². The van der Waals surface area contributed by atoms with Crippen molar-refractivity contribution in [3.05, 3.63) is 60.1 Å². The fourth-order valence-electron chi connectivity index (χ4n) is 2.28. The number of rotatable bonds is 3. The normalized spacial score (nSPS) is 17.8. The molecular formula is C17H19NO2. The minimum atomic E-state index is 0.130. The molecule has 0 amide bonds. The second-order valence-electron chi connectivity index (χ2n) is 4.55. The number of methoxy groups -OCH3 is 1. The van der Waals surface area contributed by atoms with Gasteiger partial charge in [0, 0.05) is 18.8 Å². The summed E-state index contributed by atoms with van der Waals surface area (Å²) in [5.74, 6) is 0.927. The Morgan fingerprint density at radius 1 is 1.30 bits per heavy atom. The molecule has 1 aliphatic heterocycles. The predicted molar refractivity (Wildman–Crippen MR) is 81.0 cm³/mol. The molecule has 1 aliphatic rings. The van der Waals surface area contributed by atoms with Crippen LogP contribution in [-0.2, 0) is 4.79 Å². The first-order valence-corrected chi connectivity index (χ1v) is 6.65. The van der Waals surface area contributed by atoms with Gasteiger partial charge in [-0.25, -0.2) is 0 Å². The van der Waals surface area contributed by atoms with Gasteiger partial charge in [-0.3, -0.25) is 4.79 Å². The second-order valence-corrected chi connectivity index (χ2v) is 4.55. The van der Waals surface area contributed by atoms with E-state index in [-0.39, 0.29) is 5.78 Å². The van der Waals surface area contributed by atoms with Gasteiger partial charge in [-0.05, 0) is 37.1 Å². The van der Waals surface area contributed by atoms with Gasteiger partial charge < -0.3 is 9.64 Å². The van der Waals surface area contributed by atoms with E-state index in [2.05, 4.69) is 0 Å². The summed E-state index contributed by atoms with van der Waals surface area (Å²) in [4.78, 5) is 14.1. The molecule has 3 nitrogen and oxygen atoms in total. The molecule has 0 spiro atoms. The summed E-state index contributed by atoms with van der Waals surface area (Å²) in [5.41, 5.74) is 2.73. The van der Waals surface area contributed by atoms with Crippen LogP contribution in [0.1, 0.15) is 25.8 Å². The number of ketones is 1. The van der Waals surface area contributed by atoms with Gasteiger partial charge in [0.25, 0.3) is 0 Å². The molecule has 0 aliphatic carbocycles. The molecule has 0 atom stereocenters. The zero-order valence-electron chi connectivity index (χ0n) is 12.1. The smallest absolute Gasteiger partial charge is 0.183 e. The summed E-state index contributed by atoms with van der Waals surface area (Å²) in [5, 5.41) is 0. The third kappa shape index (κ3) is 2.82. The molecule has 1 aromatic rings. The molecule has 0 fully saturated rings. The summed E-state index contributed by atoms with van der Waals surface area (Å²) in [6.45, 7) is 3.82. The first kappa shape index (κ1) is 14.1. The first-order chi connectivity index (χ1) is 9.69. The SMILES string of the molecule is CC=CN1C=C(c2cccc(OC)c2)CC(=O)C1=CC. The van der Waals surface area contributed by atoms with Crippen LogP contribution in [0.5, 0.6) is 5.75 Å². The van der Waals surface area contributed by atoms with Gasteiger partial charge in [-0.2, -0.15) is 0 Å². The largest absolute Gasteiger partial charge is 0.497 e. The summed E-state index contributed by atoms with van der Waals surface area (Å²) in [7, 11) is 1.64. The first-order valence-electron chi connectivity index (χ1n) is 6.65. The Bertz CT molecular complexity index is 597. The maximum Gasteiger partial charge on any atom is 0.183 e. The van der Waals surface area contributed by atoms with Gasteiger partial charge in [0.15, 0.2) is 5.78 Å². The van der Waals surface area contributed by atoms with Gasteiger partial charge in [0.1, 0.15) is 5.75 Å². The molecule has 1 aromatic carbocycles. The highest BCUT2D eigenvalue weighted by molar-refractivity contribution is 6.03. The summed E-state index contributed by atoms with van der Waals surface area (Å²) in [6.07, 6.45) is 8.09. The van der Waals surface area contributed by atoms with Crippen molar-refractivity contribution >= 4 is 11.4 Å². The van der Waals surface area contributed by atoms with Crippen molar-refractivity contribution in [2.75, 3.05) is 7.11 Å². The van der Waals surface area contributed by atoms with Crippen LogP contribution in [-0.4, -0.2) is 17.8 Å². The number of nitrogens with zero attached hydrogens (tertiary/aromatic N) is 1. The molecule has 0 aromatic heterocycles. The van der Waals surface area contributed by atoms with Gasteiger partial charge in [0.2, 0.25) is 0 Å². The predicted octanol–water partition coefficient (Wildman–Crippen LogP) is 3.75. The molecule has 0 N–H and O–H groups in total. The lowest BCUT2D eigenvalue weighted by molar-refractivity contribution is -0.115. The van der Waals surface area contributed by atoms with Gasteiger partial charge in [-0.1, -0.05) is 24.3 Å². The Balaban J connectivity index is 2.43. The fourth-order valence-corrected chi connectivity index (χ4v) is 2.28. The van der Waals surface area contributed by atoms with Crippen LogP contribution in [0, 0.1) is 0 Å². The molecular weight excluding hydrogens is 250 g/mol. The monoisotopic (exact) mass is 269 g/mol. The lowest BCUT2D eigenvalue weighted by atomic mass is 9.96. The van der Waals surface area contributed by atoms with Crippen molar-refractivity contribution in [2.24, 2.45) is 0 Å². The van der Waals surface area contributed by atoms with E-state index in [0.717, 1.165) is 22.6 Å². The van der Waals surface area contributed by atoms with Gasteiger partial charge >= 0.3 is 0 Å². The van der Waals surface area contributed by atoms with E-state index in [1.54, 1.807) is 7.11 Å². The van der Waals surface area contributed by atoms with E-state index in [9.17, 15) is 4.79 Å². The van der Waals surface area contributed by atoms with E-state index < -0.39 is 0 Å². The maximum atomic E-state index is 12.2. The van der Waals surface area contributed by atoms with Crippen LogP contribution in [0.4, 0.5) is 0 Å². The van der Waals surface area contributed by atoms with Crippen molar-refractivity contribution in [1.29, 1.82) is 0 Å². The van der Waals surface area contributed by atoms with Crippen LogP contribution in [0.3, 0.4) is 0 Å². The Labute approximate surface area is 119 Å². The Hall–Kier alpha value is -2.29. The molecule has 104 valence electrons. The number of allylic oxidation sites excluding steroid dienone is 4. The van der Waals surface area contributed by atoms with Crippen LogP contribution < -0.4 is 4.74 Å². The molecule has 2 rings (SSSR count). The Morgan fingerprint density at radius 3 is 2.75 bits per heavy atom. The second kappa shape index (κ2) is 6.24. The highest BCUT2D eigenvalue weighted by atomic mass is 16.5. The highest BCUT2D eigenvalue weighted by Gasteiger charge is 2.22. The average molecular weight is 269 g/mol. The molecule has 0 saturated heterocycles. The number of hydrogen-bond acceptors (Lipinski definition) is 3. The number of ether oxygens (including phenoxy) is 1. The molecule has 0 bridgehead atoms. The molecule has 0 radical (unpaired) electrons. The minimum absolute atomic E-state index is 0.130. The standard InChI is InChI=1S/C17H19NO2/c1-4-9-18-12-14(11-17(19)16(18)5-2)13-7-6-8-15(10-13)20-3/h4-10,12H,11H2,1-3H3. The summed E-state index contributed by atoms with van der Waals surface area (Å²) < 4.78 is 5.24. The van der Waals surface area contributed by atoms with Crippen molar-refractivity contribution < 1.29 is 9.53 Å². The highest BCUT2D eigenvalue weighted by Crippen LogP contribution is 2.30. The van der Waals surface area contributed by atoms with Gasteiger partial charge in [-0.15, -0.1) is 0 Å². The topological polar surface area (TPSA) is 29.5 Å². The number of benzene rings is 1. The third-order valence-electron chi connectivity index (χ3n) is 3.23.